The molecule has 6 nitrogen and oxygen atoms in total. The van der Waals surface area contributed by atoms with Crippen LogP contribution in [0.1, 0.15) is 28.8 Å². The van der Waals surface area contributed by atoms with Crippen molar-refractivity contribution in [2.24, 2.45) is 5.92 Å². The number of piperidine rings is 1. The maximum atomic E-state index is 12.7. The van der Waals surface area contributed by atoms with E-state index in [1.54, 1.807) is 13.0 Å². The Labute approximate surface area is 123 Å². The van der Waals surface area contributed by atoms with Gasteiger partial charge in [0.25, 0.3) is 11.6 Å². The highest BCUT2D eigenvalue weighted by Gasteiger charge is 2.37. The summed E-state index contributed by atoms with van der Waals surface area (Å²) in [6.45, 7) is 4.30. The number of nitrogens with one attached hydrogen (secondary N) is 1. The van der Waals surface area contributed by atoms with E-state index in [4.69, 9.17) is 0 Å². The normalized spacial score (nSPS) is 24.7. The van der Waals surface area contributed by atoms with E-state index < -0.39 is 4.92 Å². The van der Waals surface area contributed by atoms with Crippen LogP contribution in [-0.2, 0) is 0 Å². The van der Waals surface area contributed by atoms with Crippen LogP contribution in [-0.4, -0.2) is 41.4 Å². The van der Waals surface area contributed by atoms with Crippen molar-refractivity contribution in [1.82, 2.24) is 10.2 Å². The Hall–Kier alpha value is -1.95. The number of hydrogen-bond donors (Lipinski definition) is 1. The molecule has 0 saturated carbocycles. The summed E-state index contributed by atoms with van der Waals surface area (Å²) < 4.78 is 0. The number of aryl methyl sites for hydroxylation is 1. The van der Waals surface area contributed by atoms with Gasteiger partial charge in [-0.3, -0.25) is 14.9 Å². The highest BCUT2D eigenvalue weighted by atomic mass is 16.6. The highest BCUT2D eigenvalue weighted by molar-refractivity contribution is 5.95. The Morgan fingerprint density at radius 2 is 2.19 bits per heavy atom. The molecule has 2 saturated heterocycles. The summed E-state index contributed by atoms with van der Waals surface area (Å²) in [6, 6.07) is 4.85. The minimum Gasteiger partial charge on any atom is -0.334 e. The molecule has 0 radical (unpaired) electrons. The first-order chi connectivity index (χ1) is 10.1. The summed E-state index contributed by atoms with van der Waals surface area (Å²) in [6.07, 6.45) is 2.15. The van der Waals surface area contributed by atoms with Gasteiger partial charge in [-0.05, 0) is 37.3 Å². The lowest BCUT2D eigenvalue weighted by atomic mass is 9.91. The van der Waals surface area contributed by atoms with Gasteiger partial charge in [0.05, 0.1) is 4.92 Å². The van der Waals surface area contributed by atoms with Crippen LogP contribution in [0.5, 0.6) is 0 Å². The number of nitrogens with zero attached hydrogens (tertiary/aromatic N) is 2. The standard InChI is InChI=1S/C15H19N3O3/c1-10-5-12(7-13(6-10)18(20)21)15(19)17-4-2-3-11-8-16-9-14(11)17/h5-7,11,14,16H,2-4,8-9H2,1H3. The number of carbonyl (C=O) groups is 1. The molecule has 2 unspecified atom stereocenters. The molecular weight excluding hydrogens is 270 g/mol. The number of rotatable bonds is 2. The predicted octanol–water partition coefficient (Wildman–Crippen LogP) is 1.73. The zero-order valence-corrected chi connectivity index (χ0v) is 12.0. The molecule has 2 fully saturated rings. The first-order valence-corrected chi connectivity index (χ1v) is 7.34. The van der Waals surface area contributed by atoms with Crippen molar-refractivity contribution in [3.8, 4) is 0 Å². The molecule has 1 aromatic rings. The molecule has 1 amide bonds. The summed E-state index contributed by atoms with van der Waals surface area (Å²) in [5.41, 5.74) is 1.15. The number of amides is 1. The lowest BCUT2D eigenvalue weighted by molar-refractivity contribution is -0.384. The van der Waals surface area contributed by atoms with Crippen LogP contribution in [0.3, 0.4) is 0 Å². The molecule has 6 heteroatoms. The van der Waals surface area contributed by atoms with Crippen molar-refractivity contribution in [2.75, 3.05) is 19.6 Å². The van der Waals surface area contributed by atoms with E-state index >= 15 is 0 Å². The first-order valence-electron chi connectivity index (χ1n) is 7.34. The van der Waals surface area contributed by atoms with Crippen LogP contribution in [0, 0.1) is 23.0 Å². The second-order valence-corrected chi connectivity index (χ2v) is 5.94. The number of benzene rings is 1. The summed E-state index contributed by atoms with van der Waals surface area (Å²) in [5.74, 6) is 0.433. The number of nitro groups is 1. The van der Waals surface area contributed by atoms with Gasteiger partial charge in [-0.25, -0.2) is 0 Å². The fourth-order valence-electron chi connectivity index (χ4n) is 3.48. The molecule has 2 heterocycles. The van der Waals surface area contributed by atoms with Crippen LogP contribution in [0.2, 0.25) is 0 Å². The quantitative estimate of drug-likeness (QED) is 0.664. The second kappa shape index (κ2) is 5.44. The maximum absolute atomic E-state index is 12.7. The fourth-order valence-corrected chi connectivity index (χ4v) is 3.48. The van der Waals surface area contributed by atoms with Crippen molar-refractivity contribution in [3.05, 3.63) is 39.4 Å². The predicted molar refractivity (Wildman–Crippen MR) is 78.3 cm³/mol. The number of hydrogen-bond acceptors (Lipinski definition) is 4. The minimum absolute atomic E-state index is 0.0172. The van der Waals surface area contributed by atoms with Gasteiger partial charge in [-0.1, -0.05) is 0 Å². The molecule has 2 aliphatic heterocycles. The molecule has 21 heavy (non-hydrogen) atoms. The van der Waals surface area contributed by atoms with E-state index in [-0.39, 0.29) is 17.6 Å². The third kappa shape index (κ3) is 2.63. The Balaban J connectivity index is 1.89. The van der Waals surface area contributed by atoms with Gasteiger partial charge in [0.2, 0.25) is 0 Å². The summed E-state index contributed by atoms with van der Waals surface area (Å²) >= 11 is 0. The third-order valence-electron chi connectivity index (χ3n) is 4.46. The Morgan fingerprint density at radius 1 is 1.38 bits per heavy atom. The van der Waals surface area contributed by atoms with E-state index in [1.807, 2.05) is 4.90 Å². The Morgan fingerprint density at radius 3 is 2.95 bits per heavy atom. The number of fused-ring (bicyclic) bond motifs is 1. The van der Waals surface area contributed by atoms with Crippen LogP contribution < -0.4 is 5.32 Å². The van der Waals surface area contributed by atoms with E-state index in [1.165, 1.54) is 12.1 Å². The number of carbonyl (C=O) groups excluding carboxylic acids is 1. The van der Waals surface area contributed by atoms with Gasteiger partial charge in [-0.15, -0.1) is 0 Å². The molecular formula is C15H19N3O3. The van der Waals surface area contributed by atoms with Crippen molar-refractivity contribution in [2.45, 2.75) is 25.8 Å². The number of non-ortho nitro benzene ring substituents is 1. The van der Waals surface area contributed by atoms with Crippen LogP contribution in [0.15, 0.2) is 18.2 Å². The number of likely N-dealkylation sites (tertiary alicyclic amines) is 1. The Kier molecular flexibility index (Phi) is 3.63. The van der Waals surface area contributed by atoms with Crippen molar-refractivity contribution in [1.29, 1.82) is 0 Å². The van der Waals surface area contributed by atoms with Gasteiger partial charge < -0.3 is 10.2 Å². The number of nitro benzene ring substituents is 1. The van der Waals surface area contributed by atoms with Crippen LogP contribution in [0.4, 0.5) is 5.69 Å². The lowest BCUT2D eigenvalue weighted by Gasteiger charge is -2.37. The summed E-state index contributed by atoms with van der Waals surface area (Å²) in [7, 11) is 0. The molecule has 112 valence electrons. The van der Waals surface area contributed by atoms with Gasteiger partial charge >= 0.3 is 0 Å². The third-order valence-corrected chi connectivity index (χ3v) is 4.46. The smallest absolute Gasteiger partial charge is 0.270 e. The van der Waals surface area contributed by atoms with Crippen LogP contribution >= 0.6 is 0 Å². The average molecular weight is 289 g/mol. The monoisotopic (exact) mass is 289 g/mol. The van der Waals surface area contributed by atoms with E-state index in [0.717, 1.165) is 38.0 Å². The topological polar surface area (TPSA) is 75.5 Å². The molecule has 0 bridgehead atoms. The van der Waals surface area contributed by atoms with Crippen LogP contribution in [0.25, 0.3) is 0 Å². The van der Waals surface area contributed by atoms with Gasteiger partial charge in [0, 0.05) is 43.4 Å². The first kappa shape index (κ1) is 14.0. The zero-order chi connectivity index (χ0) is 15.0. The molecule has 1 N–H and O–H groups in total. The molecule has 0 aliphatic carbocycles. The lowest BCUT2D eigenvalue weighted by Crippen LogP contribution is -2.48. The van der Waals surface area contributed by atoms with Gasteiger partial charge in [-0.2, -0.15) is 0 Å². The summed E-state index contributed by atoms with van der Waals surface area (Å²) in [4.78, 5) is 25.2. The fraction of sp³-hybridized carbons (Fsp3) is 0.533. The molecule has 0 aromatic heterocycles. The highest BCUT2D eigenvalue weighted by Crippen LogP contribution is 2.28. The molecule has 3 rings (SSSR count). The largest absolute Gasteiger partial charge is 0.334 e. The van der Waals surface area contributed by atoms with E-state index in [9.17, 15) is 14.9 Å². The SMILES string of the molecule is Cc1cc(C(=O)N2CCCC3CNCC32)cc([N+](=O)[O-])c1. The van der Waals surface area contributed by atoms with Gasteiger partial charge in [0.15, 0.2) is 0 Å². The second-order valence-electron chi connectivity index (χ2n) is 5.94. The van der Waals surface area contributed by atoms with Crippen molar-refractivity contribution < 1.29 is 9.72 Å². The minimum atomic E-state index is -0.445. The molecule has 2 atom stereocenters. The van der Waals surface area contributed by atoms with E-state index in [0.29, 0.717) is 11.5 Å². The van der Waals surface area contributed by atoms with Crippen molar-refractivity contribution in [3.63, 3.8) is 0 Å². The molecule has 2 aliphatic rings. The molecule has 0 spiro atoms. The van der Waals surface area contributed by atoms with Gasteiger partial charge in [0.1, 0.15) is 0 Å². The Bertz CT molecular complexity index is 588. The van der Waals surface area contributed by atoms with E-state index in [2.05, 4.69) is 5.32 Å². The van der Waals surface area contributed by atoms with Crippen molar-refractivity contribution >= 4 is 11.6 Å². The summed E-state index contributed by atoms with van der Waals surface area (Å²) in [5, 5.41) is 14.3. The zero-order valence-electron chi connectivity index (χ0n) is 12.0. The average Bonchev–Trinajstić information content (AvgIpc) is 2.94. The molecule has 1 aromatic carbocycles. The maximum Gasteiger partial charge on any atom is 0.270 e.